The third-order valence-electron chi connectivity index (χ3n) is 25.5. The molecule has 6 aliphatic carbocycles. The van der Waals surface area contributed by atoms with Crippen LogP contribution >= 0.6 is 0 Å². The number of hydrogen-bond acceptors (Lipinski definition) is 2. The first-order valence-electron chi connectivity index (χ1n) is 35.0. The fourth-order valence-electron chi connectivity index (χ4n) is 22.1. The molecule has 0 bridgehead atoms. The second-order valence-corrected chi connectivity index (χ2v) is 31.5. The molecular weight excluding hydrogens is 1190 g/mol. The molecule has 0 saturated heterocycles. The summed E-state index contributed by atoms with van der Waals surface area (Å²) in [5, 5.41) is 35.2. The van der Waals surface area contributed by atoms with Crippen molar-refractivity contribution in [1.29, 1.82) is 10.5 Å². The minimum absolute atomic E-state index is 0.171. The first kappa shape index (κ1) is 53.7. The Labute approximate surface area is 567 Å². The molecule has 17 aromatic rings. The van der Waals surface area contributed by atoms with E-state index in [9.17, 15) is 10.5 Å². The van der Waals surface area contributed by atoms with Crippen LogP contribution in [0.5, 0.6) is 0 Å². The Morgan fingerprint density at radius 2 is 0.541 bits per heavy atom. The molecule has 4 aromatic heterocycles. The lowest BCUT2D eigenvalue weighted by Crippen LogP contribution is -2.30. The maximum absolute atomic E-state index is 12.8. The molecule has 0 atom stereocenters. The van der Waals surface area contributed by atoms with Crippen molar-refractivity contribution in [2.75, 3.05) is 0 Å². The Balaban J connectivity index is 1.05. The molecule has 0 amide bonds. The van der Waals surface area contributed by atoms with Gasteiger partial charge in [-0.15, -0.1) is 0 Å². The first-order valence-corrected chi connectivity index (χ1v) is 35.0. The minimum atomic E-state index is -0.753. The topological polar surface area (TPSA) is 56.4 Å². The zero-order valence-electron chi connectivity index (χ0n) is 55.3. The predicted octanol–water partition coefficient (Wildman–Crippen LogP) is 22.4. The van der Waals surface area contributed by atoms with Gasteiger partial charge >= 0.3 is 0 Å². The molecule has 23 rings (SSSR count). The first-order chi connectivity index (χ1) is 47.8. The van der Waals surface area contributed by atoms with E-state index >= 15 is 0 Å². The van der Waals surface area contributed by atoms with Crippen molar-refractivity contribution in [1.82, 2.24) is 8.80 Å². The molecule has 6 aliphatic rings. The molecule has 0 saturated carbocycles. The Kier molecular flexibility index (Phi) is 9.39. The van der Waals surface area contributed by atoms with E-state index in [-0.39, 0.29) is 10.8 Å². The summed E-state index contributed by atoms with van der Waals surface area (Å²) < 4.78 is 5.28. The summed E-state index contributed by atoms with van der Waals surface area (Å²) in [5.74, 6) is 0. The molecule has 458 valence electrons. The maximum atomic E-state index is 12.8. The number of rotatable bonds is 0. The van der Waals surface area contributed by atoms with Crippen molar-refractivity contribution < 1.29 is 0 Å². The summed E-state index contributed by atoms with van der Waals surface area (Å²) >= 11 is 0. The molecule has 98 heavy (non-hydrogen) atoms. The van der Waals surface area contributed by atoms with Gasteiger partial charge < -0.3 is 8.80 Å². The monoisotopic (exact) mass is 1250 g/mol. The number of aromatic nitrogens is 2. The van der Waals surface area contributed by atoms with E-state index in [4.69, 9.17) is 0 Å². The molecule has 4 heterocycles. The normalized spacial score (nSPS) is 16.3. The minimum Gasteiger partial charge on any atom is -0.308 e. The summed E-state index contributed by atoms with van der Waals surface area (Å²) in [5.41, 5.74) is 32.0. The smallest absolute Gasteiger partial charge is 0.0995 e. The van der Waals surface area contributed by atoms with E-state index in [1.165, 1.54) is 171 Å². The van der Waals surface area contributed by atoms with Crippen LogP contribution in [0.2, 0.25) is 0 Å². The van der Waals surface area contributed by atoms with E-state index in [1.54, 1.807) is 0 Å². The van der Waals surface area contributed by atoms with Gasteiger partial charge in [0.2, 0.25) is 0 Å². The lowest BCUT2D eigenvalue weighted by molar-refractivity contribution is 0.515. The Bertz CT molecular complexity index is 6170. The van der Waals surface area contributed by atoms with Crippen molar-refractivity contribution in [2.24, 2.45) is 0 Å². The Hall–Kier alpha value is -11.6. The molecular formula is C94H62N4. The van der Waals surface area contributed by atoms with E-state index in [0.29, 0.717) is 24.0 Å². The van der Waals surface area contributed by atoms with Gasteiger partial charge in [0, 0.05) is 64.7 Å². The quantitative estimate of drug-likeness (QED) is 0.152. The van der Waals surface area contributed by atoms with Gasteiger partial charge in [-0.1, -0.05) is 248 Å². The van der Waals surface area contributed by atoms with Gasteiger partial charge in [0.1, 0.15) is 0 Å². The van der Waals surface area contributed by atoms with Gasteiger partial charge in [-0.05, 0) is 182 Å². The molecule has 4 heteroatoms. The summed E-state index contributed by atoms with van der Waals surface area (Å²) in [4.78, 5) is 0. The van der Waals surface area contributed by atoms with Gasteiger partial charge in [0.15, 0.2) is 0 Å². The predicted molar refractivity (Wildman–Crippen MR) is 399 cm³/mol. The van der Waals surface area contributed by atoms with E-state index < -0.39 is 21.7 Å². The molecule has 4 spiro atoms. The van der Waals surface area contributed by atoms with Crippen LogP contribution in [0, 0.1) is 22.7 Å². The van der Waals surface area contributed by atoms with Crippen LogP contribution in [0.25, 0.3) is 121 Å². The van der Waals surface area contributed by atoms with E-state index in [0.717, 1.165) is 27.7 Å². The lowest BCUT2D eigenvalue weighted by atomic mass is 9.67. The highest BCUT2D eigenvalue weighted by molar-refractivity contribution is 6.46. The standard InChI is InChI=1S/C94H62N4/c1-89(2,3)53-39-41-73-63(45-53)77-81-79-75(43-51(47-95)83-85(79)93(69-35-19-11-27-59(69)60-28-12-20-36-70(60)93)49-91(83)65-31-15-7-23-55(65)56-24-8-16-32-66(56)91)98-76-44-52(48-96)84-86(80(76)82(88(81)98)78-64-46-54(90(4,5)6)40-42-74(64)97(73)87(77)78)94(71-37-21-13-29-61(71)62-30-14-22-38-72(62)94)50-92(84)67-33-17-9-25-57(67)58-26-10-18-34-68(58)92/h7-46H,49-50H2,1-6H3. The van der Waals surface area contributed by atoms with Crippen molar-refractivity contribution >= 4 is 76.2 Å². The number of hydrogen-bond donors (Lipinski definition) is 0. The summed E-state index contributed by atoms with van der Waals surface area (Å²) in [7, 11) is 0. The molecule has 0 N–H and O–H groups in total. The molecule has 0 unspecified atom stereocenters. The molecule has 13 aromatic carbocycles. The highest BCUT2D eigenvalue weighted by Gasteiger charge is 2.65. The fraction of sp³-hybridized carbons (Fsp3) is 0.149. The van der Waals surface area contributed by atoms with Gasteiger partial charge in [-0.25, -0.2) is 0 Å². The molecule has 0 radical (unpaired) electrons. The number of benzene rings is 13. The van der Waals surface area contributed by atoms with Gasteiger partial charge in [0.05, 0.1) is 56.4 Å². The average Bonchev–Trinajstić information content (AvgIpc) is 1.46. The van der Waals surface area contributed by atoms with Crippen LogP contribution in [0.15, 0.2) is 243 Å². The number of nitriles is 2. The number of fused-ring (bicyclic) bond motifs is 42. The summed E-state index contributed by atoms with van der Waals surface area (Å²) in [6, 6.07) is 98.9. The van der Waals surface area contributed by atoms with Crippen molar-refractivity contribution in [3.63, 3.8) is 0 Å². The van der Waals surface area contributed by atoms with Gasteiger partial charge in [-0.3, -0.25) is 0 Å². The van der Waals surface area contributed by atoms with Gasteiger partial charge in [-0.2, -0.15) is 10.5 Å². The third-order valence-corrected chi connectivity index (χ3v) is 25.5. The van der Waals surface area contributed by atoms with Crippen LogP contribution in [-0.4, -0.2) is 8.80 Å². The maximum Gasteiger partial charge on any atom is 0.0995 e. The Morgan fingerprint density at radius 1 is 0.286 bits per heavy atom. The summed E-state index contributed by atoms with van der Waals surface area (Å²) in [6.07, 6.45) is 1.38. The van der Waals surface area contributed by atoms with Crippen LogP contribution < -0.4 is 0 Å². The highest BCUT2D eigenvalue weighted by Crippen LogP contribution is 2.75. The molecule has 4 nitrogen and oxygen atoms in total. The Morgan fingerprint density at radius 3 is 0.816 bits per heavy atom. The molecule has 0 fully saturated rings. The summed E-state index contributed by atoms with van der Waals surface area (Å²) in [6.45, 7) is 14.1. The van der Waals surface area contributed by atoms with Gasteiger partial charge in [0.25, 0.3) is 0 Å². The zero-order valence-corrected chi connectivity index (χ0v) is 55.3. The van der Waals surface area contributed by atoms with Crippen LogP contribution in [0.3, 0.4) is 0 Å². The van der Waals surface area contributed by atoms with Crippen LogP contribution in [-0.2, 0) is 32.5 Å². The second kappa shape index (κ2) is 17.2. The van der Waals surface area contributed by atoms with Crippen molar-refractivity contribution in [3.8, 4) is 56.6 Å². The zero-order chi connectivity index (χ0) is 65.2. The van der Waals surface area contributed by atoms with Crippen molar-refractivity contribution in [3.05, 3.63) is 332 Å². The van der Waals surface area contributed by atoms with E-state index in [2.05, 4.69) is 305 Å². The highest BCUT2D eigenvalue weighted by atomic mass is 15.0. The SMILES string of the molecule is CC(C)(C)c1ccc2c(c1)c1c3c4c5c(c(C#N)cc4n4c6cc(C#N)c7c(c6c(c6c8cc(C(C)(C)C)ccc8n2c16)c34)C1(CC72c3ccccc3-c3ccccc32)c2ccccc2-c2ccccc21)C1(CC52c3ccccc3-c3ccccc32)c2ccccc2-c2ccccc21. The van der Waals surface area contributed by atoms with E-state index in [1.807, 2.05) is 0 Å². The lowest BCUT2D eigenvalue weighted by Gasteiger charge is -2.33. The second-order valence-electron chi connectivity index (χ2n) is 31.5. The van der Waals surface area contributed by atoms with Crippen LogP contribution in [0.1, 0.15) is 143 Å². The number of nitrogens with zero attached hydrogens (tertiary/aromatic N) is 4. The van der Waals surface area contributed by atoms with Crippen LogP contribution in [0.4, 0.5) is 0 Å². The fourth-order valence-corrected chi connectivity index (χ4v) is 22.1. The average molecular weight is 1250 g/mol. The molecule has 0 aliphatic heterocycles. The third kappa shape index (κ3) is 5.65. The van der Waals surface area contributed by atoms with Crippen molar-refractivity contribution in [2.45, 2.75) is 86.9 Å². The largest absolute Gasteiger partial charge is 0.308 e.